The number of hydrogen-bond donors (Lipinski definition) is 1. The third-order valence-electron chi connectivity index (χ3n) is 3.13. The van der Waals surface area contributed by atoms with E-state index in [1.165, 1.54) is 12.8 Å². The molecule has 0 bridgehead atoms. The largest absolute Gasteiger partial charge is 0.340 e. The third-order valence-corrected chi connectivity index (χ3v) is 3.13. The molecule has 0 atom stereocenters. The van der Waals surface area contributed by atoms with Crippen molar-refractivity contribution in [3.8, 4) is 0 Å². The van der Waals surface area contributed by atoms with Crippen molar-refractivity contribution in [2.75, 3.05) is 26.2 Å². The lowest BCUT2D eigenvalue weighted by Gasteiger charge is -2.29. The molecule has 0 radical (unpaired) electrons. The second kappa shape index (κ2) is 6.83. The number of hydrogen-bond acceptors (Lipinski definition) is 2. The highest BCUT2D eigenvalue weighted by molar-refractivity contribution is 5.79. The van der Waals surface area contributed by atoms with Crippen LogP contribution in [0.15, 0.2) is 0 Å². The predicted octanol–water partition coefficient (Wildman–Crippen LogP) is 1.63. The maximum absolute atomic E-state index is 11.9. The first-order valence-electron chi connectivity index (χ1n) is 6.37. The summed E-state index contributed by atoms with van der Waals surface area (Å²) in [6.45, 7) is 7.77. The first-order chi connectivity index (χ1) is 7.38. The molecule has 3 heteroatoms. The molecule has 2 fully saturated rings. The number of amides is 1. The van der Waals surface area contributed by atoms with Gasteiger partial charge in [0.15, 0.2) is 0 Å². The van der Waals surface area contributed by atoms with Crippen LogP contribution >= 0.6 is 0 Å². The van der Waals surface area contributed by atoms with E-state index >= 15 is 0 Å². The number of nitrogens with one attached hydrogen (secondary N) is 1. The SMILES string of the molecule is CC.O=C(C1CCCC1)N1CCNCC1. The molecule has 1 saturated carbocycles. The van der Waals surface area contributed by atoms with Crippen LogP contribution in [0.25, 0.3) is 0 Å². The molecule has 0 unspecified atom stereocenters. The van der Waals surface area contributed by atoms with Crippen molar-refractivity contribution in [3.63, 3.8) is 0 Å². The first kappa shape index (κ1) is 12.5. The summed E-state index contributed by atoms with van der Waals surface area (Å²) in [6.07, 6.45) is 4.76. The summed E-state index contributed by atoms with van der Waals surface area (Å²) in [7, 11) is 0. The average Bonchev–Trinajstić information content (AvgIpc) is 2.85. The van der Waals surface area contributed by atoms with Gasteiger partial charge in [-0.3, -0.25) is 4.79 Å². The number of piperazine rings is 1. The van der Waals surface area contributed by atoms with Gasteiger partial charge in [-0.05, 0) is 12.8 Å². The van der Waals surface area contributed by atoms with Gasteiger partial charge in [0.1, 0.15) is 0 Å². The van der Waals surface area contributed by atoms with Gasteiger partial charge in [0.05, 0.1) is 0 Å². The summed E-state index contributed by atoms with van der Waals surface area (Å²) in [5, 5.41) is 3.27. The quantitative estimate of drug-likeness (QED) is 0.716. The van der Waals surface area contributed by atoms with Crippen LogP contribution in [0.5, 0.6) is 0 Å². The average molecular weight is 212 g/mol. The molecule has 0 aromatic heterocycles. The van der Waals surface area contributed by atoms with Crippen LogP contribution in [-0.2, 0) is 4.79 Å². The lowest BCUT2D eigenvalue weighted by atomic mass is 10.1. The van der Waals surface area contributed by atoms with E-state index < -0.39 is 0 Å². The highest BCUT2D eigenvalue weighted by atomic mass is 16.2. The van der Waals surface area contributed by atoms with Crippen LogP contribution in [-0.4, -0.2) is 37.0 Å². The Morgan fingerprint density at radius 1 is 1.13 bits per heavy atom. The minimum atomic E-state index is 0.359. The van der Waals surface area contributed by atoms with E-state index in [9.17, 15) is 4.79 Å². The van der Waals surface area contributed by atoms with Crippen LogP contribution in [0.3, 0.4) is 0 Å². The molecule has 1 amide bonds. The maximum Gasteiger partial charge on any atom is 0.225 e. The van der Waals surface area contributed by atoms with Crippen molar-refractivity contribution in [2.45, 2.75) is 39.5 Å². The first-order valence-corrected chi connectivity index (χ1v) is 6.37. The highest BCUT2D eigenvalue weighted by Gasteiger charge is 2.27. The van der Waals surface area contributed by atoms with Gasteiger partial charge in [-0.25, -0.2) is 0 Å². The third kappa shape index (κ3) is 3.49. The van der Waals surface area contributed by atoms with Crippen molar-refractivity contribution in [2.24, 2.45) is 5.92 Å². The Kier molecular flexibility index (Phi) is 5.69. The molecule has 2 aliphatic rings. The van der Waals surface area contributed by atoms with E-state index in [0.717, 1.165) is 39.0 Å². The molecular weight excluding hydrogens is 188 g/mol. The van der Waals surface area contributed by atoms with Gasteiger partial charge < -0.3 is 10.2 Å². The van der Waals surface area contributed by atoms with Crippen LogP contribution < -0.4 is 5.32 Å². The number of carbonyl (C=O) groups excluding carboxylic acids is 1. The zero-order chi connectivity index (χ0) is 11.1. The number of rotatable bonds is 1. The van der Waals surface area contributed by atoms with Crippen LogP contribution in [0, 0.1) is 5.92 Å². The minimum Gasteiger partial charge on any atom is -0.340 e. The van der Waals surface area contributed by atoms with Crippen molar-refractivity contribution >= 4 is 5.91 Å². The second-order valence-corrected chi connectivity index (χ2v) is 4.06. The fourth-order valence-corrected chi connectivity index (χ4v) is 2.32. The molecule has 88 valence electrons. The molecule has 2 rings (SSSR count). The van der Waals surface area contributed by atoms with Crippen molar-refractivity contribution < 1.29 is 4.79 Å². The fourth-order valence-electron chi connectivity index (χ4n) is 2.32. The molecule has 3 nitrogen and oxygen atoms in total. The van der Waals surface area contributed by atoms with E-state index in [-0.39, 0.29) is 0 Å². The number of nitrogens with zero attached hydrogens (tertiary/aromatic N) is 1. The Labute approximate surface area is 93.2 Å². The lowest BCUT2D eigenvalue weighted by Crippen LogP contribution is -2.48. The highest BCUT2D eigenvalue weighted by Crippen LogP contribution is 2.26. The standard InChI is InChI=1S/C10H18N2O.C2H6/c13-10(9-3-1-2-4-9)12-7-5-11-6-8-12;1-2/h9,11H,1-8H2;1-2H3. The summed E-state index contributed by atoms with van der Waals surface area (Å²) in [5.74, 6) is 0.775. The molecule has 1 aliphatic heterocycles. The Bertz CT molecular complexity index is 182. The van der Waals surface area contributed by atoms with E-state index in [1.54, 1.807) is 0 Å². The van der Waals surface area contributed by atoms with Gasteiger partial charge in [0.25, 0.3) is 0 Å². The van der Waals surface area contributed by atoms with E-state index in [1.807, 2.05) is 18.7 Å². The minimum absolute atomic E-state index is 0.359. The molecular formula is C12H24N2O. The number of carbonyl (C=O) groups is 1. The van der Waals surface area contributed by atoms with Crippen LogP contribution in [0.1, 0.15) is 39.5 Å². The Morgan fingerprint density at radius 3 is 2.20 bits per heavy atom. The molecule has 1 heterocycles. The van der Waals surface area contributed by atoms with E-state index in [0.29, 0.717) is 11.8 Å². The maximum atomic E-state index is 11.9. The van der Waals surface area contributed by atoms with Gasteiger partial charge >= 0.3 is 0 Å². The molecule has 1 aliphatic carbocycles. The van der Waals surface area contributed by atoms with Gasteiger partial charge in [-0.1, -0.05) is 26.7 Å². The van der Waals surface area contributed by atoms with Crippen LogP contribution in [0.4, 0.5) is 0 Å². The van der Waals surface area contributed by atoms with E-state index in [4.69, 9.17) is 0 Å². The van der Waals surface area contributed by atoms with Gasteiger partial charge in [0, 0.05) is 32.1 Å². The molecule has 1 saturated heterocycles. The summed E-state index contributed by atoms with van der Waals surface area (Å²) in [6, 6.07) is 0. The zero-order valence-electron chi connectivity index (χ0n) is 10.1. The molecule has 15 heavy (non-hydrogen) atoms. The predicted molar refractivity (Wildman–Crippen MR) is 62.8 cm³/mol. The summed E-state index contributed by atoms with van der Waals surface area (Å²) in [4.78, 5) is 13.9. The van der Waals surface area contributed by atoms with Gasteiger partial charge in [-0.2, -0.15) is 0 Å². The summed E-state index contributed by atoms with van der Waals surface area (Å²) < 4.78 is 0. The molecule has 0 spiro atoms. The molecule has 1 N–H and O–H groups in total. The normalized spacial score (nSPS) is 22.1. The molecule has 0 aromatic carbocycles. The monoisotopic (exact) mass is 212 g/mol. The summed E-state index contributed by atoms with van der Waals surface area (Å²) >= 11 is 0. The van der Waals surface area contributed by atoms with Gasteiger partial charge in [0.2, 0.25) is 5.91 Å². The van der Waals surface area contributed by atoms with E-state index in [2.05, 4.69) is 5.32 Å². The van der Waals surface area contributed by atoms with Crippen LogP contribution in [0.2, 0.25) is 0 Å². The van der Waals surface area contributed by atoms with Crippen molar-refractivity contribution in [3.05, 3.63) is 0 Å². The Balaban J connectivity index is 0.000000531. The Hall–Kier alpha value is -0.570. The van der Waals surface area contributed by atoms with Crippen molar-refractivity contribution in [1.82, 2.24) is 10.2 Å². The zero-order valence-corrected chi connectivity index (χ0v) is 10.1. The fraction of sp³-hybridized carbons (Fsp3) is 0.917. The van der Waals surface area contributed by atoms with Gasteiger partial charge in [-0.15, -0.1) is 0 Å². The smallest absolute Gasteiger partial charge is 0.225 e. The second-order valence-electron chi connectivity index (χ2n) is 4.06. The molecule has 0 aromatic rings. The topological polar surface area (TPSA) is 32.3 Å². The summed E-state index contributed by atoms with van der Waals surface area (Å²) in [5.41, 5.74) is 0. The lowest BCUT2D eigenvalue weighted by molar-refractivity contribution is -0.135. The van der Waals surface area contributed by atoms with Crippen molar-refractivity contribution in [1.29, 1.82) is 0 Å². The Morgan fingerprint density at radius 2 is 1.67 bits per heavy atom.